The molecule has 1 aromatic heterocycles. The van der Waals surface area contributed by atoms with Gasteiger partial charge in [0.2, 0.25) is 0 Å². The van der Waals surface area contributed by atoms with E-state index < -0.39 is 12.3 Å². The lowest BCUT2D eigenvalue weighted by molar-refractivity contribution is -0.384. The highest BCUT2D eigenvalue weighted by Crippen LogP contribution is 2.54. The Morgan fingerprint density at radius 3 is 2.07 bits per heavy atom. The van der Waals surface area contributed by atoms with Crippen LogP contribution in [0.1, 0.15) is 5.76 Å². The second kappa shape index (κ2) is 8.47. The highest BCUT2D eigenvalue weighted by molar-refractivity contribution is 7.69. The highest BCUT2D eigenvalue weighted by atomic mass is 31.2. The molecule has 0 aliphatic heterocycles. The van der Waals surface area contributed by atoms with Crippen LogP contribution in [0, 0.1) is 10.1 Å². The summed E-state index contributed by atoms with van der Waals surface area (Å²) in [7, 11) is 9.04. The Morgan fingerprint density at radius 2 is 1.59 bits per heavy atom. The number of nitro groups is 1. The number of furan rings is 1. The zero-order chi connectivity index (χ0) is 20.2. The second-order valence-electron chi connectivity index (χ2n) is 6.40. The van der Waals surface area contributed by atoms with Crippen molar-refractivity contribution in [3.8, 4) is 0 Å². The monoisotopic (exact) mass is 392 g/mol. The third kappa shape index (κ3) is 4.63. The minimum atomic E-state index is -2.40. The molecule has 27 heavy (non-hydrogen) atoms. The first-order chi connectivity index (χ1) is 12.7. The fraction of sp³-hybridized carbons (Fsp3) is 0.353. The molecule has 1 aromatic carbocycles. The van der Waals surface area contributed by atoms with Gasteiger partial charge < -0.3 is 9.43 Å². The molecule has 0 bridgehead atoms. The highest BCUT2D eigenvalue weighted by Gasteiger charge is 2.31. The van der Waals surface area contributed by atoms with Crippen molar-refractivity contribution in [3.63, 3.8) is 0 Å². The number of hydrogen-bond acceptors (Lipinski definition) is 6. The molecule has 0 aliphatic carbocycles. The van der Waals surface area contributed by atoms with Crippen LogP contribution in [0.4, 0.5) is 11.4 Å². The van der Waals surface area contributed by atoms with Gasteiger partial charge in [-0.1, -0.05) is 0 Å². The molecule has 2 aromatic rings. The van der Waals surface area contributed by atoms with Crippen molar-refractivity contribution in [2.24, 2.45) is 9.85 Å². The number of hydrogen-bond donors (Lipinski definition) is 0. The molecule has 146 valence electrons. The average molecular weight is 392 g/mol. The number of nitro benzene ring substituents is 1. The Hall–Kier alpha value is -2.48. The SMILES string of the molecule is CN(C)N=Cc1ccc(P(=Nc2ccc([N+](=O)[O-])cc2)(N(C)C)N(C)C)o1. The van der Waals surface area contributed by atoms with Gasteiger partial charge in [-0.05, 0) is 52.5 Å². The summed E-state index contributed by atoms with van der Waals surface area (Å²) in [5, 5.41) is 16.8. The van der Waals surface area contributed by atoms with Crippen LogP contribution in [0.25, 0.3) is 0 Å². The minimum Gasteiger partial charge on any atom is -0.451 e. The molecule has 0 atom stereocenters. The molecule has 0 aliphatic rings. The van der Waals surface area contributed by atoms with Gasteiger partial charge >= 0.3 is 0 Å². The van der Waals surface area contributed by atoms with Gasteiger partial charge in [0.15, 0.2) is 12.9 Å². The molecular weight excluding hydrogens is 367 g/mol. The van der Waals surface area contributed by atoms with Crippen LogP contribution < -0.4 is 5.50 Å². The maximum absolute atomic E-state index is 10.9. The lowest BCUT2D eigenvalue weighted by Gasteiger charge is -2.34. The van der Waals surface area contributed by atoms with E-state index in [-0.39, 0.29) is 5.69 Å². The Bertz CT molecular complexity index is 859. The van der Waals surface area contributed by atoms with Gasteiger partial charge in [0.25, 0.3) is 5.69 Å². The molecule has 10 heteroatoms. The summed E-state index contributed by atoms with van der Waals surface area (Å²) < 4.78 is 15.1. The summed E-state index contributed by atoms with van der Waals surface area (Å²) in [5.41, 5.74) is 1.40. The smallest absolute Gasteiger partial charge is 0.269 e. The Kier molecular flexibility index (Phi) is 6.54. The molecule has 0 fully saturated rings. The van der Waals surface area contributed by atoms with E-state index in [0.29, 0.717) is 11.4 Å². The fourth-order valence-corrected chi connectivity index (χ4v) is 5.45. The first kappa shape index (κ1) is 20.8. The molecule has 0 unspecified atom stereocenters. The average Bonchev–Trinajstić information content (AvgIpc) is 3.06. The standard InChI is InChI=1S/C17H25N6O3P/c1-20(2)18-13-16-11-12-17(26-16)27(21(3)4,22(5)6)19-14-7-9-15(10-8-14)23(24)25/h7-13H,1-6H3. The summed E-state index contributed by atoms with van der Waals surface area (Å²) in [6, 6.07) is 9.97. The molecule has 0 N–H and O–H groups in total. The third-order valence-corrected chi connectivity index (χ3v) is 7.33. The van der Waals surface area contributed by atoms with Crippen molar-refractivity contribution >= 4 is 30.4 Å². The number of hydrazone groups is 1. The first-order valence-electron chi connectivity index (χ1n) is 8.21. The lowest BCUT2D eigenvalue weighted by Crippen LogP contribution is -2.28. The van der Waals surface area contributed by atoms with E-state index in [9.17, 15) is 10.1 Å². The second-order valence-corrected chi connectivity index (χ2v) is 9.78. The maximum Gasteiger partial charge on any atom is 0.269 e. The number of rotatable bonds is 7. The van der Waals surface area contributed by atoms with Crippen LogP contribution in [0.5, 0.6) is 0 Å². The van der Waals surface area contributed by atoms with E-state index in [1.165, 1.54) is 12.1 Å². The zero-order valence-corrected chi connectivity index (χ0v) is 17.3. The van der Waals surface area contributed by atoms with Crippen molar-refractivity contribution in [2.75, 3.05) is 42.3 Å². The number of benzene rings is 1. The van der Waals surface area contributed by atoms with Crippen LogP contribution in [-0.2, 0) is 0 Å². The first-order valence-corrected chi connectivity index (χ1v) is 9.85. The molecule has 0 saturated carbocycles. The van der Waals surface area contributed by atoms with Crippen LogP contribution in [0.15, 0.2) is 50.7 Å². The summed E-state index contributed by atoms with van der Waals surface area (Å²) in [6.45, 7) is 0. The molecule has 0 saturated heterocycles. The van der Waals surface area contributed by atoms with Crippen molar-refractivity contribution in [3.05, 3.63) is 52.3 Å². The van der Waals surface area contributed by atoms with E-state index in [4.69, 9.17) is 9.16 Å². The molecule has 9 nitrogen and oxygen atoms in total. The quantitative estimate of drug-likeness (QED) is 0.311. The van der Waals surface area contributed by atoms with Crippen LogP contribution in [-0.4, -0.2) is 67.8 Å². The molecular formula is C17H25N6O3P. The van der Waals surface area contributed by atoms with Gasteiger partial charge in [-0.2, -0.15) is 5.10 Å². The van der Waals surface area contributed by atoms with E-state index in [0.717, 1.165) is 5.50 Å². The third-order valence-electron chi connectivity index (χ3n) is 3.76. The summed E-state index contributed by atoms with van der Waals surface area (Å²) >= 11 is 0. The molecule has 2 rings (SSSR count). The summed E-state index contributed by atoms with van der Waals surface area (Å²) in [5.74, 6) is 0.630. The van der Waals surface area contributed by atoms with Crippen molar-refractivity contribution in [1.82, 2.24) is 14.3 Å². The maximum atomic E-state index is 10.9. The normalized spacial score (nSPS) is 12.1. The summed E-state index contributed by atoms with van der Waals surface area (Å²) in [6.07, 6.45) is 1.65. The van der Waals surface area contributed by atoms with Crippen LogP contribution in [0.2, 0.25) is 0 Å². The van der Waals surface area contributed by atoms with Crippen molar-refractivity contribution < 1.29 is 9.34 Å². The van der Waals surface area contributed by atoms with Crippen LogP contribution >= 0.6 is 7.36 Å². The van der Waals surface area contributed by atoms with Crippen LogP contribution in [0.3, 0.4) is 0 Å². The van der Waals surface area contributed by atoms with E-state index in [1.807, 2.05) is 63.8 Å². The summed E-state index contributed by atoms with van der Waals surface area (Å²) in [4.78, 5) is 10.5. The number of non-ortho nitro benzene ring substituents is 1. The van der Waals surface area contributed by atoms with E-state index in [2.05, 4.69) is 5.10 Å². The van der Waals surface area contributed by atoms with Gasteiger partial charge in [-0.3, -0.25) is 19.5 Å². The largest absolute Gasteiger partial charge is 0.451 e. The predicted molar refractivity (Wildman–Crippen MR) is 109 cm³/mol. The Balaban J connectivity index is 2.58. The Morgan fingerprint density at radius 1 is 1.00 bits per heavy atom. The fourth-order valence-electron chi connectivity index (χ4n) is 2.53. The van der Waals surface area contributed by atoms with Gasteiger partial charge in [-0.25, -0.2) is 4.74 Å². The molecule has 0 radical (unpaired) electrons. The molecule has 0 spiro atoms. The van der Waals surface area contributed by atoms with Gasteiger partial charge in [-0.15, -0.1) is 0 Å². The number of nitrogens with zero attached hydrogens (tertiary/aromatic N) is 6. The van der Waals surface area contributed by atoms with E-state index in [1.54, 1.807) is 23.4 Å². The Labute approximate surface area is 159 Å². The zero-order valence-electron chi connectivity index (χ0n) is 16.4. The van der Waals surface area contributed by atoms with Gasteiger partial charge in [0, 0.05) is 26.2 Å². The topological polar surface area (TPSA) is 90.7 Å². The van der Waals surface area contributed by atoms with Crippen molar-refractivity contribution in [2.45, 2.75) is 0 Å². The van der Waals surface area contributed by atoms with E-state index >= 15 is 0 Å². The lowest BCUT2D eigenvalue weighted by atomic mass is 10.3. The predicted octanol–water partition coefficient (Wildman–Crippen LogP) is 3.19. The minimum absolute atomic E-state index is 0.0350. The van der Waals surface area contributed by atoms with Crippen molar-refractivity contribution in [1.29, 1.82) is 0 Å². The molecule has 1 heterocycles. The molecule has 0 amide bonds. The van der Waals surface area contributed by atoms with Gasteiger partial charge in [0.05, 0.1) is 16.8 Å². The van der Waals surface area contributed by atoms with Gasteiger partial charge in [0.1, 0.15) is 5.76 Å².